The standard InChI is InChI=1S/C18H29N7O.ClH/c1-18(2,3)23-17(26)22-15-14-12-21-25(16(14)20-13-19-15)11-10-24-8-6-4-5-7-9-24;/h12-13H,4-11H2,1-3H3,(H2,19,20,22,23,26);1H. The number of amides is 2. The zero-order valence-electron chi connectivity index (χ0n) is 16.4. The molecule has 1 fully saturated rings. The normalized spacial score (nSPS) is 15.8. The fraction of sp³-hybridized carbons (Fsp3) is 0.667. The first kappa shape index (κ1) is 21.4. The lowest BCUT2D eigenvalue weighted by molar-refractivity contribution is 0.243. The van der Waals surface area contributed by atoms with Gasteiger partial charge >= 0.3 is 6.03 Å². The van der Waals surface area contributed by atoms with E-state index in [0.717, 1.165) is 37.2 Å². The molecule has 3 rings (SSSR count). The Morgan fingerprint density at radius 2 is 1.81 bits per heavy atom. The van der Waals surface area contributed by atoms with Gasteiger partial charge in [-0.15, -0.1) is 12.4 Å². The number of hydrogen-bond acceptors (Lipinski definition) is 5. The number of nitrogens with zero attached hydrogens (tertiary/aromatic N) is 5. The van der Waals surface area contributed by atoms with E-state index in [1.54, 1.807) is 6.20 Å². The van der Waals surface area contributed by atoms with Crippen molar-refractivity contribution < 1.29 is 4.79 Å². The lowest BCUT2D eigenvalue weighted by Gasteiger charge is -2.20. The summed E-state index contributed by atoms with van der Waals surface area (Å²) in [7, 11) is 0. The predicted octanol–water partition coefficient (Wildman–Crippen LogP) is 3.04. The topological polar surface area (TPSA) is 88.0 Å². The number of nitrogens with one attached hydrogen (secondary N) is 2. The van der Waals surface area contributed by atoms with Gasteiger partial charge in [0.05, 0.1) is 18.1 Å². The molecule has 2 aromatic heterocycles. The summed E-state index contributed by atoms with van der Waals surface area (Å²) in [6, 6.07) is -0.283. The van der Waals surface area contributed by atoms with E-state index in [1.807, 2.05) is 25.5 Å². The molecule has 3 heterocycles. The summed E-state index contributed by atoms with van der Waals surface area (Å²) in [6.07, 6.45) is 8.42. The molecule has 1 aliphatic rings. The fourth-order valence-electron chi connectivity index (χ4n) is 3.23. The van der Waals surface area contributed by atoms with E-state index in [4.69, 9.17) is 0 Å². The van der Waals surface area contributed by atoms with Crippen molar-refractivity contribution in [3.63, 3.8) is 0 Å². The van der Waals surface area contributed by atoms with Crippen molar-refractivity contribution in [2.24, 2.45) is 0 Å². The Morgan fingerprint density at radius 1 is 1.11 bits per heavy atom. The highest BCUT2D eigenvalue weighted by molar-refractivity contribution is 5.97. The van der Waals surface area contributed by atoms with Crippen LogP contribution >= 0.6 is 12.4 Å². The van der Waals surface area contributed by atoms with Gasteiger partial charge in [-0.3, -0.25) is 5.32 Å². The summed E-state index contributed by atoms with van der Waals surface area (Å²) in [5, 5.41) is 10.9. The van der Waals surface area contributed by atoms with Gasteiger partial charge in [-0.1, -0.05) is 12.8 Å². The Morgan fingerprint density at radius 3 is 2.48 bits per heavy atom. The van der Waals surface area contributed by atoms with Gasteiger partial charge in [0.2, 0.25) is 0 Å². The molecule has 2 aromatic rings. The number of likely N-dealkylation sites (tertiary alicyclic amines) is 1. The molecule has 0 spiro atoms. The van der Waals surface area contributed by atoms with Crippen molar-refractivity contribution in [2.45, 2.75) is 58.5 Å². The summed E-state index contributed by atoms with van der Waals surface area (Å²) in [5.74, 6) is 0.484. The maximum Gasteiger partial charge on any atom is 0.320 e. The van der Waals surface area contributed by atoms with Crippen LogP contribution in [0.1, 0.15) is 46.5 Å². The maximum atomic E-state index is 12.1. The van der Waals surface area contributed by atoms with Crippen LogP contribution in [0, 0.1) is 0 Å². The van der Waals surface area contributed by atoms with E-state index in [0.29, 0.717) is 5.82 Å². The fourth-order valence-corrected chi connectivity index (χ4v) is 3.23. The van der Waals surface area contributed by atoms with Gasteiger partial charge in [-0.25, -0.2) is 19.4 Å². The third kappa shape index (κ3) is 6.04. The second-order valence-electron chi connectivity index (χ2n) is 7.91. The number of anilines is 1. The predicted molar refractivity (Wildman–Crippen MR) is 109 cm³/mol. The Kier molecular flexibility index (Phi) is 7.38. The maximum absolute atomic E-state index is 12.1. The van der Waals surface area contributed by atoms with Crippen LogP contribution in [0.15, 0.2) is 12.5 Å². The summed E-state index contributed by atoms with van der Waals surface area (Å²) >= 11 is 0. The van der Waals surface area contributed by atoms with Gasteiger partial charge in [-0.2, -0.15) is 5.10 Å². The van der Waals surface area contributed by atoms with Gasteiger partial charge in [0.15, 0.2) is 5.65 Å². The second kappa shape index (κ2) is 9.32. The van der Waals surface area contributed by atoms with Crippen molar-refractivity contribution in [2.75, 3.05) is 25.0 Å². The molecule has 0 aromatic carbocycles. The van der Waals surface area contributed by atoms with Crippen molar-refractivity contribution in [3.8, 4) is 0 Å². The Hall–Kier alpha value is -1.93. The van der Waals surface area contributed by atoms with Crippen LogP contribution in [0.3, 0.4) is 0 Å². The molecule has 1 saturated heterocycles. The second-order valence-corrected chi connectivity index (χ2v) is 7.91. The molecule has 0 atom stereocenters. The smallest absolute Gasteiger partial charge is 0.320 e. The Labute approximate surface area is 166 Å². The first-order valence-electron chi connectivity index (χ1n) is 9.40. The van der Waals surface area contributed by atoms with Crippen molar-refractivity contribution in [3.05, 3.63) is 12.5 Å². The SMILES string of the molecule is CC(C)(C)NC(=O)Nc1ncnc2c1cnn2CCN1CCCCCC1.Cl. The molecular formula is C18H30ClN7O. The molecule has 0 unspecified atom stereocenters. The average molecular weight is 396 g/mol. The number of aromatic nitrogens is 4. The van der Waals surface area contributed by atoms with Crippen LogP contribution < -0.4 is 10.6 Å². The molecular weight excluding hydrogens is 366 g/mol. The third-order valence-corrected chi connectivity index (χ3v) is 4.48. The Balaban J connectivity index is 0.00000261. The first-order valence-corrected chi connectivity index (χ1v) is 9.40. The minimum atomic E-state index is -0.312. The van der Waals surface area contributed by atoms with Gasteiger partial charge in [-0.05, 0) is 46.7 Å². The molecule has 2 amide bonds. The van der Waals surface area contributed by atoms with Gasteiger partial charge in [0.25, 0.3) is 0 Å². The molecule has 0 bridgehead atoms. The van der Waals surface area contributed by atoms with E-state index >= 15 is 0 Å². The third-order valence-electron chi connectivity index (χ3n) is 4.48. The van der Waals surface area contributed by atoms with E-state index in [1.165, 1.54) is 32.0 Å². The lowest BCUT2D eigenvalue weighted by Crippen LogP contribution is -2.43. The molecule has 1 aliphatic heterocycles. The van der Waals surface area contributed by atoms with Crippen molar-refractivity contribution >= 4 is 35.3 Å². The van der Waals surface area contributed by atoms with Gasteiger partial charge < -0.3 is 10.2 Å². The number of carbonyl (C=O) groups is 1. The molecule has 0 radical (unpaired) electrons. The van der Waals surface area contributed by atoms with E-state index < -0.39 is 0 Å². The highest BCUT2D eigenvalue weighted by Crippen LogP contribution is 2.19. The molecule has 0 saturated carbocycles. The van der Waals surface area contributed by atoms with E-state index in [2.05, 4.69) is 30.6 Å². The molecule has 0 aliphatic carbocycles. The molecule has 150 valence electrons. The number of hydrogen-bond donors (Lipinski definition) is 2. The van der Waals surface area contributed by atoms with Crippen LogP contribution in [0.5, 0.6) is 0 Å². The summed E-state index contributed by atoms with van der Waals surface area (Å²) in [4.78, 5) is 23.2. The molecule has 2 N–H and O–H groups in total. The first-order chi connectivity index (χ1) is 12.4. The number of halogens is 1. The number of carbonyl (C=O) groups excluding carboxylic acids is 1. The summed E-state index contributed by atoms with van der Waals surface area (Å²) in [5.41, 5.74) is 0.439. The van der Waals surface area contributed by atoms with Crippen molar-refractivity contribution in [1.29, 1.82) is 0 Å². The minimum Gasteiger partial charge on any atom is -0.333 e. The molecule has 8 nitrogen and oxygen atoms in total. The monoisotopic (exact) mass is 395 g/mol. The van der Waals surface area contributed by atoms with Crippen LogP contribution in [0.2, 0.25) is 0 Å². The Bertz CT molecular complexity index is 748. The summed E-state index contributed by atoms with van der Waals surface area (Å²) in [6.45, 7) is 9.87. The van der Waals surface area contributed by atoms with Crippen LogP contribution in [0.25, 0.3) is 11.0 Å². The van der Waals surface area contributed by atoms with Crippen molar-refractivity contribution in [1.82, 2.24) is 30.0 Å². The minimum absolute atomic E-state index is 0. The zero-order valence-corrected chi connectivity index (χ0v) is 17.2. The average Bonchev–Trinajstić information content (AvgIpc) is 2.80. The number of rotatable bonds is 4. The van der Waals surface area contributed by atoms with Gasteiger partial charge in [0.1, 0.15) is 12.1 Å². The van der Waals surface area contributed by atoms with Gasteiger partial charge in [0, 0.05) is 12.1 Å². The lowest BCUT2D eigenvalue weighted by atomic mass is 10.1. The largest absolute Gasteiger partial charge is 0.333 e. The van der Waals surface area contributed by atoms with E-state index in [9.17, 15) is 4.79 Å². The van der Waals surface area contributed by atoms with E-state index in [-0.39, 0.29) is 24.0 Å². The van der Waals surface area contributed by atoms with Crippen LogP contribution in [-0.4, -0.2) is 55.9 Å². The zero-order chi connectivity index (χ0) is 18.6. The van der Waals surface area contributed by atoms with Crippen LogP contribution in [-0.2, 0) is 6.54 Å². The summed E-state index contributed by atoms with van der Waals surface area (Å²) < 4.78 is 1.90. The number of fused-ring (bicyclic) bond motifs is 1. The number of urea groups is 1. The molecule has 9 heteroatoms. The van der Waals surface area contributed by atoms with Crippen LogP contribution in [0.4, 0.5) is 10.6 Å². The molecule has 27 heavy (non-hydrogen) atoms. The quantitative estimate of drug-likeness (QED) is 0.830. The highest BCUT2D eigenvalue weighted by atomic mass is 35.5. The highest BCUT2D eigenvalue weighted by Gasteiger charge is 2.17.